The Labute approximate surface area is 182 Å². The molecule has 4 rings (SSSR count). The molecule has 0 unspecified atom stereocenters. The summed E-state index contributed by atoms with van der Waals surface area (Å²) in [5.41, 5.74) is 4.75. The van der Waals surface area contributed by atoms with Gasteiger partial charge in [-0.1, -0.05) is 57.2 Å². The Bertz CT molecular complexity index is 834. The van der Waals surface area contributed by atoms with Crippen LogP contribution in [0.25, 0.3) is 0 Å². The molecule has 2 aromatic carbocycles. The summed E-state index contributed by atoms with van der Waals surface area (Å²) in [6.45, 7) is 7.15. The molecule has 0 heterocycles. The van der Waals surface area contributed by atoms with E-state index in [1.807, 2.05) is 36.4 Å². The van der Waals surface area contributed by atoms with Crippen molar-refractivity contribution in [2.75, 3.05) is 0 Å². The van der Waals surface area contributed by atoms with E-state index in [9.17, 15) is 0 Å². The van der Waals surface area contributed by atoms with E-state index in [0.717, 1.165) is 11.4 Å². The average Bonchev–Trinajstić information content (AvgIpc) is 2.98. The van der Waals surface area contributed by atoms with Crippen molar-refractivity contribution >= 4 is 51.2 Å². The monoisotopic (exact) mass is 532 g/mol. The van der Waals surface area contributed by atoms with E-state index in [1.165, 1.54) is 35.2 Å². The SMILES string of the molecule is CC1(C)[C@@H]2CC[C@@]1(C)C(=Nc1ccccc1)C2=Nc1ccccc1.[Br][Ni][Br]. The van der Waals surface area contributed by atoms with Crippen molar-refractivity contribution in [2.24, 2.45) is 26.7 Å². The molecule has 0 radical (unpaired) electrons. The summed E-state index contributed by atoms with van der Waals surface area (Å²) in [6, 6.07) is 20.6. The zero-order valence-corrected chi connectivity index (χ0v) is 19.9. The summed E-state index contributed by atoms with van der Waals surface area (Å²) in [7, 11) is 1.25. The van der Waals surface area contributed by atoms with Crippen LogP contribution in [0.4, 0.5) is 11.4 Å². The number of rotatable bonds is 2. The topological polar surface area (TPSA) is 24.7 Å². The van der Waals surface area contributed by atoms with Gasteiger partial charge in [-0.25, -0.2) is 0 Å². The second-order valence-electron chi connectivity index (χ2n) is 7.82. The van der Waals surface area contributed by atoms with E-state index in [-0.39, 0.29) is 10.8 Å². The van der Waals surface area contributed by atoms with E-state index < -0.39 is 0 Å². The normalized spacial score (nSPS) is 28.4. The minimum absolute atomic E-state index is 0.0983. The number of fused-ring (bicyclic) bond motifs is 2. The van der Waals surface area contributed by atoms with Crippen LogP contribution in [0.3, 0.4) is 0 Å². The van der Waals surface area contributed by atoms with Crippen LogP contribution >= 0.6 is 28.5 Å². The van der Waals surface area contributed by atoms with Crippen LogP contribution in [0.1, 0.15) is 33.6 Å². The predicted molar refractivity (Wildman–Crippen MR) is 120 cm³/mol. The third kappa shape index (κ3) is 4.02. The molecule has 27 heavy (non-hydrogen) atoms. The Morgan fingerprint density at radius 1 is 0.852 bits per heavy atom. The van der Waals surface area contributed by atoms with Crippen molar-refractivity contribution in [3.8, 4) is 0 Å². The van der Waals surface area contributed by atoms with E-state index in [1.54, 1.807) is 0 Å². The Kier molecular flexibility index (Phi) is 6.76. The van der Waals surface area contributed by atoms with Gasteiger partial charge in [-0.3, -0.25) is 9.98 Å². The third-order valence-corrected chi connectivity index (χ3v) is 6.32. The first-order valence-electron chi connectivity index (χ1n) is 9.04. The van der Waals surface area contributed by atoms with Crippen LogP contribution in [-0.4, -0.2) is 11.4 Å². The van der Waals surface area contributed by atoms with Crippen molar-refractivity contribution in [2.45, 2.75) is 33.6 Å². The van der Waals surface area contributed by atoms with Gasteiger partial charge in [-0.15, -0.1) is 0 Å². The van der Waals surface area contributed by atoms with E-state index >= 15 is 0 Å². The van der Waals surface area contributed by atoms with Gasteiger partial charge in [-0.05, 0) is 42.5 Å². The summed E-state index contributed by atoms with van der Waals surface area (Å²) in [4.78, 5) is 10.1. The van der Waals surface area contributed by atoms with E-state index in [0.29, 0.717) is 5.92 Å². The zero-order valence-electron chi connectivity index (χ0n) is 15.7. The summed E-state index contributed by atoms with van der Waals surface area (Å²) in [5.74, 6) is 0.491. The number of halogens is 2. The van der Waals surface area contributed by atoms with Gasteiger partial charge in [0.2, 0.25) is 0 Å². The summed E-state index contributed by atoms with van der Waals surface area (Å²) in [5, 5.41) is 0. The summed E-state index contributed by atoms with van der Waals surface area (Å²) in [6.07, 6.45) is 2.41. The number of aliphatic imine (C=N–C) groups is 2. The molecule has 0 spiro atoms. The van der Waals surface area contributed by atoms with Crippen LogP contribution in [-0.2, 0) is 10.9 Å². The molecule has 2 nitrogen and oxygen atoms in total. The molecular formula is C22H24Br2N2Ni. The van der Waals surface area contributed by atoms with Gasteiger partial charge in [0, 0.05) is 11.3 Å². The van der Waals surface area contributed by atoms with Gasteiger partial charge in [0.15, 0.2) is 0 Å². The van der Waals surface area contributed by atoms with Crippen LogP contribution in [0.15, 0.2) is 70.6 Å². The first-order valence-corrected chi connectivity index (χ1v) is 13.9. The predicted octanol–water partition coefficient (Wildman–Crippen LogP) is 7.68. The van der Waals surface area contributed by atoms with Crippen LogP contribution in [0, 0.1) is 16.7 Å². The molecule has 0 aromatic heterocycles. The van der Waals surface area contributed by atoms with Crippen molar-refractivity contribution in [1.82, 2.24) is 0 Å². The fraction of sp³-hybridized carbons (Fsp3) is 0.364. The van der Waals surface area contributed by atoms with Gasteiger partial charge in [-0.2, -0.15) is 0 Å². The molecule has 2 atom stereocenters. The van der Waals surface area contributed by atoms with E-state index in [2.05, 4.69) is 73.5 Å². The molecule has 0 aliphatic heterocycles. The molecule has 0 amide bonds. The Balaban J connectivity index is 0.000000659. The standard InChI is InChI=1S/C22H24N2.2BrH.Ni/c1-21(2)18-14-15-22(21,3)20(24-17-12-8-5-9-13-17)19(18)23-16-10-6-4-7-11-16;;;/h4-13,18H,14-15H2,1-3H3;2*1H;/q;;;+2/p-2/t18-,22+;;;/m1.../s1. The molecule has 2 saturated carbocycles. The Hall–Kier alpha value is -0.766. The molecular weight excluding hydrogens is 511 g/mol. The molecule has 2 fully saturated rings. The number of nitrogens with zero attached hydrogens (tertiary/aromatic N) is 2. The van der Waals surface area contributed by atoms with Crippen molar-refractivity contribution < 1.29 is 10.9 Å². The summed E-state index contributed by atoms with van der Waals surface area (Å²) >= 11 is 6.00. The first kappa shape index (κ1) is 21.0. The average molecular weight is 535 g/mol. The minimum atomic E-state index is 0.0983. The maximum absolute atomic E-state index is 5.07. The number of benzene rings is 2. The molecule has 146 valence electrons. The first-order chi connectivity index (χ1) is 12.9. The van der Waals surface area contributed by atoms with Gasteiger partial charge >= 0.3 is 39.3 Å². The molecule has 5 heteroatoms. The quantitative estimate of drug-likeness (QED) is 0.353. The van der Waals surface area contributed by atoms with Crippen molar-refractivity contribution in [3.05, 3.63) is 60.7 Å². The van der Waals surface area contributed by atoms with E-state index in [4.69, 9.17) is 9.98 Å². The number of para-hydroxylation sites is 2. The van der Waals surface area contributed by atoms with Gasteiger partial charge in [0.1, 0.15) is 0 Å². The molecule has 2 aliphatic carbocycles. The fourth-order valence-corrected chi connectivity index (χ4v) is 4.44. The van der Waals surface area contributed by atoms with Crippen molar-refractivity contribution in [1.29, 1.82) is 0 Å². The third-order valence-electron chi connectivity index (χ3n) is 6.32. The van der Waals surface area contributed by atoms with Gasteiger partial charge in [0.05, 0.1) is 22.8 Å². The number of hydrogen-bond donors (Lipinski definition) is 0. The van der Waals surface area contributed by atoms with Crippen LogP contribution in [0.5, 0.6) is 0 Å². The zero-order chi connectivity index (χ0) is 19.5. The molecule has 2 aromatic rings. The molecule has 2 bridgehead atoms. The van der Waals surface area contributed by atoms with Crippen LogP contribution in [0.2, 0.25) is 0 Å². The van der Waals surface area contributed by atoms with Gasteiger partial charge in [0.25, 0.3) is 0 Å². The summed E-state index contributed by atoms with van der Waals surface area (Å²) < 4.78 is 0. The Morgan fingerprint density at radius 3 is 1.85 bits per heavy atom. The molecule has 0 N–H and O–H groups in total. The Morgan fingerprint density at radius 2 is 1.33 bits per heavy atom. The second kappa shape index (κ2) is 8.72. The second-order valence-corrected chi connectivity index (χ2v) is 12.8. The molecule has 0 saturated heterocycles. The molecule has 2 aliphatic rings. The fourth-order valence-electron chi connectivity index (χ4n) is 4.44. The van der Waals surface area contributed by atoms with Crippen molar-refractivity contribution in [3.63, 3.8) is 0 Å². The van der Waals surface area contributed by atoms with Crippen LogP contribution < -0.4 is 0 Å². The maximum atomic E-state index is 5.07. The van der Waals surface area contributed by atoms with Gasteiger partial charge < -0.3 is 0 Å². The number of hydrogen-bond acceptors (Lipinski definition) is 2.